The molecule has 1 aromatic heterocycles. The molecule has 1 unspecified atom stereocenters. The van der Waals surface area contributed by atoms with Gasteiger partial charge in [-0.15, -0.1) is 11.3 Å². The van der Waals surface area contributed by atoms with Crippen LogP contribution in [0.1, 0.15) is 51.0 Å². The molecule has 0 radical (unpaired) electrons. The fourth-order valence-corrected chi connectivity index (χ4v) is 5.39. The van der Waals surface area contributed by atoms with E-state index in [-0.39, 0.29) is 29.5 Å². The van der Waals surface area contributed by atoms with Gasteiger partial charge in [-0.05, 0) is 31.0 Å². The quantitative estimate of drug-likeness (QED) is 0.358. The summed E-state index contributed by atoms with van der Waals surface area (Å²) in [5, 5.41) is 12.3. The van der Waals surface area contributed by atoms with E-state index < -0.39 is 16.7 Å². The van der Waals surface area contributed by atoms with E-state index in [0.29, 0.717) is 0 Å². The second kappa shape index (κ2) is 7.26. The summed E-state index contributed by atoms with van der Waals surface area (Å²) in [6.07, 6.45) is 2.90. The van der Waals surface area contributed by atoms with Crippen LogP contribution in [0.4, 0.5) is 5.69 Å². The van der Waals surface area contributed by atoms with Gasteiger partial charge in [0.15, 0.2) is 0 Å². The summed E-state index contributed by atoms with van der Waals surface area (Å²) in [4.78, 5) is 44.6. The molecule has 30 heavy (non-hydrogen) atoms. The van der Waals surface area contributed by atoms with Gasteiger partial charge in [-0.1, -0.05) is 24.6 Å². The Morgan fingerprint density at radius 2 is 1.93 bits per heavy atom. The summed E-state index contributed by atoms with van der Waals surface area (Å²) in [6.45, 7) is 0.834. The Morgan fingerprint density at radius 1 is 1.10 bits per heavy atom. The van der Waals surface area contributed by atoms with Gasteiger partial charge >= 0.3 is 0 Å². The Balaban J connectivity index is 1.45. The van der Waals surface area contributed by atoms with Crippen molar-refractivity contribution in [3.63, 3.8) is 0 Å². The van der Waals surface area contributed by atoms with Gasteiger partial charge in [-0.25, -0.2) is 4.98 Å². The number of hydrogen-bond donors (Lipinski definition) is 0. The van der Waals surface area contributed by atoms with Gasteiger partial charge in [0.2, 0.25) is 0 Å². The highest BCUT2D eigenvalue weighted by atomic mass is 32.1. The summed E-state index contributed by atoms with van der Waals surface area (Å²) in [7, 11) is 0. The van der Waals surface area contributed by atoms with E-state index in [1.807, 2.05) is 24.3 Å². The number of rotatable bonds is 4. The summed E-state index contributed by atoms with van der Waals surface area (Å²) in [5.41, 5.74) is 0.609. The molecule has 2 amide bonds. The molecule has 0 bridgehead atoms. The first-order valence-electron chi connectivity index (χ1n) is 9.77. The molecule has 0 saturated carbocycles. The zero-order valence-corrected chi connectivity index (χ0v) is 16.8. The molecule has 8 nitrogen and oxygen atoms in total. The highest BCUT2D eigenvalue weighted by Gasteiger charge is 2.42. The molecule has 1 atom stereocenters. The van der Waals surface area contributed by atoms with E-state index in [0.717, 1.165) is 45.9 Å². The highest BCUT2D eigenvalue weighted by molar-refractivity contribution is 7.18. The number of likely N-dealkylation sites (tertiary alicyclic amines) is 1. The SMILES string of the molecule is O=C1c2cccc([N+](=O)[O-])c2C(=O)N1CN1CCCCC1c1nc2ccccc2s1. The minimum absolute atomic E-state index is 0.00967. The van der Waals surface area contributed by atoms with Gasteiger partial charge in [0, 0.05) is 12.6 Å². The van der Waals surface area contributed by atoms with Crippen LogP contribution < -0.4 is 0 Å². The number of nitro groups is 1. The van der Waals surface area contributed by atoms with Crippen molar-refractivity contribution in [1.29, 1.82) is 0 Å². The Kier molecular flexibility index (Phi) is 4.56. The van der Waals surface area contributed by atoms with E-state index in [1.165, 1.54) is 18.2 Å². The van der Waals surface area contributed by atoms with Crippen molar-refractivity contribution < 1.29 is 14.5 Å². The lowest BCUT2D eigenvalue weighted by atomic mass is 10.0. The van der Waals surface area contributed by atoms with E-state index in [1.54, 1.807) is 11.3 Å². The average Bonchev–Trinajstić information content (AvgIpc) is 3.29. The zero-order valence-electron chi connectivity index (χ0n) is 16.0. The number of nitrogens with zero attached hydrogens (tertiary/aromatic N) is 4. The molecule has 0 N–H and O–H groups in total. The number of benzene rings is 2. The monoisotopic (exact) mass is 422 g/mol. The Morgan fingerprint density at radius 3 is 2.73 bits per heavy atom. The third-order valence-electron chi connectivity index (χ3n) is 5.71. The zero-order chi connectivity index (χ0) is 20.8. The van der Waals surface area contributed by atoms with Crippen LogP contribution in [0.3, 0.4) is 0 Å². The molecule has 1 fully saturated rings. The molecule has 3 aromatic rings. The average molecular weight is 422 g/mol. The minimum atomic E-state index is -0.613. The van der Waals surface area contributed by atoms with Crippen LogP contribution in [0.2, 0.25) is 0 Å². The van der Waals surface area contributed by atoms with E-state index in [9.17, 15) is 19.7 Å². The van der Waals surface area contributed by atoms with Crippen molar-refractivity contribution in [3.05, 3.63) is 68.7 Å². The number of nitro benzene ring substituents is 1. The van der Waals surface area contributed by atoms with Crippen molar-refractivity contribution >= 4 is 39.1 Å². The Labute approximate surface area is 175 Å². The molecule has 1 saturated heterocycles. The van der Waals surface area contributed by atoms with Crippen molar-refractivity contribution in [2.24, 2.45) is 0 Å². The standard InChI is InChI=1S/C21H18N4O4S/c26-20-13-6-5-9-15(25(28)29)18(13)21(27)24(20)12-23-11-4-3-8-16(23)19-22-14-7-1-2-10-17(14)30-19/h1-2,5-7,9-10,16H,3-4,8,11-12H2. The van der Waals surface area contributed by atoms with Crippen LogP contribution in [0.15, 0.2) is 42.5 Å². The van der Waals surface area contributed by atoms with Crippen LogP contribution in [-0.2, 0) is 0 Å². The van der Waals surface area contributed by atoms with Gasteiger partial charge in [-0.3, -0.25) is 29.5 Å². The summed E-state index contributed by atoms with van der Waals surface area (Å²) in [6, 6.07) is 12.1. The fraction of sp³-hybridized carbons (Fsp3) is 0.286. The fourth-order valence-electron chi connectivity index (χ4n) is 4.25. The molecule has 0 spiro atoms. The third-order valence-corrected chi connectivity index (χ3v) is 6.84. The van der Waals surface area contributed by atoms with E-state index in [4.69, 9.17) is 4.98 Å². The first-order chi connectivity index (χ1) is 14.5. The molecule has 2 aliphatic heterocycles. The van der Waals surface area contributed by atoms with Gasteiger partial charge in [0.25, 0.3) is 17.5 Å². The summed E-state index contributed by atoms with van der Waals surface area (Å²) >= 11 is 1.63. The summed E-state index contributed by atoms with van der Waals surface area (Å²) < 4.78 is 1.11. The number of piperidine rings is 1. The van der Waals surface area contributed by atoms with Crippen LogP contribution in [0.5, 0.6) is 0 Å². The molecular weight excluding hydrogens is 404 g/mol. The molecule has 2 aliphatic rings. The largest absolute Gasteiger partial charge is 0.282 e. The molecule has 5 rings (SSSR count). The van der Waals surface area contributed by atoms with Gasteiger partial charge < -0.3 is 0 Å². The van der Waals surface area contributed by atoms with E-state index >= 15 is 0 Å². The second-order valence-corrected chi connectivity index (χ2v) is 8.54. The maximum atomic E-state index is 13.0. The number of thiazole rings is 1. The van der Waals surface area contributed by atoms with Crippen LogP contribution >= 0.6 is 11.3 Å². The Bertz CT molecular complexity index is 1160. The number of fused-ring (bicyclic) bond motifs is 2. The normalized spacial score (nSPS) is 19.5. The van der Waals surface area contributed by atoms with Crippen molar-refractivity contribution in [3.8, 4) is 0 Å². The second-order valence-electron chi connectivity index (χ2n) is 7.48. The summed E-state index contributed by atoms with van der Waals surface area (Å²) in [5.74, 6) is -1.08. The number of imide groups is 1. The number of carbonyl (C=O) groups is 2. The topological polar surface area (TPSA) is 96.6 Å². The Hall–Kier alpha value is -3.17. The van der Waals surface area contributed by atoms with Gasteiger partial charge in [-0.2, -0.15) is 0 Å². The van der Waals surface area contributed by atoms with Gasteiger partial charge in [0.1, 0.15) is 10.6 Å². The molecule has 152 valence electrons. The van der Waals surface area contributed by atoms with Crippen LogP contribution in [-0.4, -0.2) is 44.7 Å². The lowest BCUT2D eigenvalue weighted by Crippen LogP contribution is -2.44. The lowest BCUT2D eigenvalue weighted by molar-refractivity contribution is -0.385. The van der Waals surface area contributed by atoms with Gasteiger partial charge in [0.05, 0.1) is 33.4 Å². The number of para-hydroxylation sites is 1. The predicted octanol–water partition coefficient (Wildman–Crippen LogP) is 3.99. The maximum absolute atomic E-state index is 13.0. The van der Waals surface area contributed by atoms with Crippen molar-refractivity contribution in [1.82, 2.24) is 14.8 Å². The highest BCUT2D eigenvalue weighted by Crippen LogP contribution is 2.37. The first kappa shape index (κ1) is 18.8. The maximum Gasteiger partial charge on any atom is 0.282 e. The number of amides is 2. The molecular formula is C21H18N4O4S. The predicted molar refractivity (Wildman–Crippen MR) is 111 cm³/mol. The third kappa shape index (κ3) is 2.98. The minimum Gasteiger partial charge on any atom is -0.276 e. The van der Waals surface area contributed by atoms with Crippen molar-refractivity contribution in [2.75, 3.05) is 13.2 Å². The molecule has 9 heteroatoms. The van der Waals surface area contributed by atoms with Crippen LogP contribution in [0.25, 0.3) is 10.2 Å². The molecule has 0 aliphatic carbocycles. The van der Waals surface area contributed by atoms with E-state index in [2.05, 4.69) is 4.90 Å². The lowest BCUT2D eigenvalue weighted by Gasteiger charge is -2.36. The number of hydrogen-bond acceptors (Lipinski definition) is 7. The number of aromatic nitrogens is 1. The molecule has 2 aromatic carbocycles. The first-order valence-corrected chi connectivity index (χ1v) is 10.6. The number of carbonyl (C=O) groups excluding carboxylic acids is 2. The smallest absolute Gasteiger partial charge is 0.276 e. The molecule has 3 heterocycles. The van der Waals surface area contributed by atoms with Crippen LogP contribution in [0, 0.1) is 10.1 Å². The van der Waals surface area contributed by atoms with Crippen molar-refractivity contribution in [2.45, 2.75) is 25.3 Å².